The Balaban J connectivity index is 1.73. The number of benzene rings is 1. The van der Waals surface area contributed by atoms with E-state index < -0.39 is 6.10 Å². The Hall–Kier alpha value is -2.18. The highest BCUT2D eigenvalue weighted by Crippen LogP contribution is 2.26. The number of thiophene rings is 1. The average molecular weight is 372 g/mol. The first-order valence-electron chi connectivity index (χ1n) is 8.76. The third-order valence-corrected chi connectivity index (χ3v) is 5.81. The van der Waals surface area contributed by atoms with E-state index in [4.69, 9.17) is 4.74 Å². The number of aromatic nitrogens is 2. The molecular formula is C20H24N2O3S. The van der Waals surface area contributed by atoms with Gasteiger partial charge in [0.25, 0.3) is 5.56 Å². The van der Waals surface area contributed by atoms with Gasteiger partial charge in [0.2, 0.25) is 0 Å². The minimum Gasteiger partial charge on any atom is -0.490 e. The van der Waals surface area contributed by atoms with Crippen LogP contribution in [0.3, 0.4) is 0 Å². The van der Waals surface area contributed by atoms with E-state index in [2.05, 4.69) is 18.0 Å². The van der Waals surface area contributed by atoms with Crippen LogP contribution in [0.4, 0.5) is 0 Å². The van der Waals surface area contributed by atoms with Crippen LogP contribution in [0.15, 0.2) is 29.3 Å². The minimum absolute atomic E-state index is 0.118. The number of hydrogen-bond donors (Lipinski definition) is 1. The van der Waals surface area contributed by atoms with Gasteiger partial charge in [0.1, 0.15) is 23.3 Å². The molecular weight excluding hydrogens is 348 g/mol. The SMILES string of the molecule is CCc1cc2c(=O)n(C[C@H](O)COc3c(C)ccc(C)c3C)cnc2s1. The van der Waals surface area contributed by atoms with E-state index in [0.717, 1.165) is 38.6 Å². The molecule has 1 atom stereocenters. The zero-order valence-corrected chi connectivity index (χ0v) is 16.4. The Morgan fingerprint density at radius 1 is 1.27 bits per heavy atom. The van der Waals surface area contributed by atoms with Gasteiger partial charge in [0.05, 0.1) is 18.3 Å². The molecule has 6 heteroatoms. The van der Waals surface area contributed by atoms with Crippen LogP contribution in [0.25, 0.3) is 10.2 Å². The first-order valence-corrected chi connectivity index (χ1v) is 9.57. The van der Waals surface area contributed by atoms with E-state index in [0.29, 0.717) is 5.39 Å². The summed E-state index contributed by atoms with van der Waals surface area (Å²) in [5.41, 5.74) is 3.14. The molecule has 0 fully saturated rings. The first kappa shape index (κ1) is 18.6. The summed E-state index contributed by atoms with van der Waals surface area (Å²) in [4.78, 5) is 18.8. The van der Waals surface area contributed by atoms with Gasteiger partial charge in [-0.3, -0.25) is 9.36 Å². The minimum atomic E-state index is -0.796. The average Bonchev–Trinajstić information content (AvgIpc) is 3.05. The summed E-state index contributed by atoms with van der Waals surface area (Å²) in [5.74, 6) is 0.801. The van der Waals surface area contributed by atoms with E-state index in [1.165, 1.54) is 22.2 Å². The lowest BCUT2D eigenvalue weighted by Gasteiger charge is -2.17. The standard InChI is InChI=1S/C20H24N2O3S/c1-5-16-8-17-19(26-16)21-11-22(20(17)24)9-15(23)10-25-18-13(3)7-6-12(2)14(18)4/h6-8,11,15,23H,5,9-10H2,1-4H3/t15-/m0/s1. The molecule has 0 saturated carbocycles. The van der Waals surface area contributed by atoms with Crippen LogP contribution < -0.4 is 10.3 Å². The maximum atomic E-state index is 12.6. The zero-order chi connectivity index (χ0) is 18.8. The van der Waals surface area contributed by atoms with Crippen molar-refractivity contribution in [3.05, 3.63) is 56.4 Å². The molecule has 0 aliphatic heterocycles. The highest BCUT2D eigenvalue weighted by Gasteiger charge is 2.14. The second-order valence-corrected chi connectivity index (χ2v) is 7.72. The molecule has 138 valence electrons. The van der Waals surface area contributed by atoms with Crippen molar-refractivity contribution in [2.75, 3.05) is 6.61 Å². The van der Waals surface area contributed by atoms with Crippen molar-refractivity contribution in [3.63, 3.8) is 0 Å². The van der Waals surface area contributed by atoms with Gasteiger partial charge >= 0.3 is 0 Å². The van der Waals surface area contributed by atoms with Crippen LogP contribution in [0.5, 0.6) is 5.75 Å². The fourth-order valence-electron chi connectivity index (χ4n) is 2.92. The summed E-state index contributed by atoms with van der Waals surface area (Å²) >= 11 is 1.54. The molecule has 0 unspecified atom stereocenters. The predicted molar refractivity (Wildman–Crippen MR) is 105 cm³/mol. The van der Waals surface area contributed by atoms with Crippen LogP contribution in [-0.2, 0) is 13.0 Å². The molecule has 0 radical (unpaired) electrons. The van der Waals surface area contributed by atoms with Gasteiger partial charge in [-0.1, -0.05) is 19.1 Å². The summed E-state index contributed by atoms with van der Waals surface area (Å²) in [7, 11) is 0. The summed E-state index contributed by atoms with van der Waals surface area (Å²) < 4.78 is 7.30. The number of aryl methyl sites for hydroxylation is 3. The third kappa shape index (κ3) is 3.66. The maximum absolute atomic E-state index is 12.6. The van der Waals surface area contributed by atoms with Crippen LogP contribution in [0.1, 0.15) is 28.5 Å². The lowest BCUT2D eigenvalue weighted by Crippen LogP contribution is -2.30. The first-order chi connectivity index (χ1) is 12.4. The number of ether oxygens (including phenoxy) is 1. The summed E-state index contributed by atoms with van der Waals surface area (Å²) in [5, 5.41) is 11.0. The van der Waals surface area contributed by atoms with Crippen LogP contribution >= 0.6 is 11.3 Å². The number of aliphatic hydroxyl groups is 1. The molecule has 0 amide bonds. The molecule has 26 heavy (non-hydrogen) atoms. The smallest absolute Gasteiger partial charge is 0.262 e. The molecule has 0 aliphatic rings. The number of rotatable bonds is 6. The quantitative estimate of drug-likeness (QED) is 0.720. The molecule has 0 saturated heterocycles. The van der Waals surface area contributed by atoms with E-state index in [1.54, 1.807) is 0 Å². The Kier molecular flexibility index (Phi) is 5.44. The van der Waals surface area contributed by atoms with E-state index >= 15 is 0 Å². The Bertz CT molecular complexity index is 991. The van der Waals surface area contributed by atoms with E-state index in [-0.39, 0.29) is 18.7 Å². The monoisotopic (exact) mass is 372 g/mol. The topological polar surface area (TPSA) is 64.4 Å². The van der Waals surface area contributed by atoms with Crippen molar-refractivity contribution in [1.29, 1.82) is 0 Å². The number of hydrogen-bond acceptors (Lipinski definition) is 5. The second-order valence-electron chi connectivity index (χ2n) is 6.61. The lowest BCUT2D eigenvalue weighted by atomic mass is 10.1. The van der Waals surface area contributed by atoms with E-state index in [1.807, 2.05) is 32.9 Å². The van der Waals surface area contributed by atoms with Crippen LogP contribution in [-0.4, -0.2) is 27.4 Å². The number of nitrogens with zero attached hydrogens (tertiary/aromatic N) is 2. The molecule has 2 heterocycles. The molecule has 2 aromatic heterocycles. The predicted octanol–water partition coefficient (Wildman–Crippen LogP) is 3.39. The lowest BCUT2D eigenvalue weighted by molar-refractivity contribution is 0.0908. The van der Waals surface area contributed by atoms with Crippen LogP contribution in [0.2, 0.25) is 0 Å². The van der Waals surface area contributed by atoms with Gasteiger partial charge < -0.3 is 9.84 Å². The van der Waals surface area contributed by atoms with E-state index in [9.17, 15) is 9.90 Å². The van der Waals surface area contributed by atoms with Gasteiger partial charge in [-0.2, -0.15) is 0 Å². The second kappa shape index (κ2) is 7.60. The van der Waals surface area contributed by atoms with Gasteiger partial charge in [0.15, 0.2) is 0 Å². The molecule has 3 aromatic rings. The van der Waals surface area contributed by atoms with Crippen molar-refractivity contribution in [2.24, 2.45) is 0 Å². The van der Waals surface area contributed by atoms with Gasteiger partial charge in [0, 0.05) is 4.88 Å². The summed E-state index contributed by atoms with van der Waals surface area (Å²) in [6.45, 7) is 8.36. The molecule has 0 aliphatic carbocycles. The molecule has 5 nitrogen and oxygen atoms in total. The molecule has 1 aromatic carbocycles. The van der Waals surface area contributed by atoms with Gasteiger partial charge in [-0.25, -0.2) is 4.98 Å². The van der Waals surface area contributed by atoms with Gasteiger partial charge in [-0.15, -0.1) is 11.3 Å². The fraction of sp³-hybridized carbons (Fsp3) is 0.400. The molecule has 0 bridgehead atoms. The Labute approximate surface area is 156 Å². The Morgan fingerprint density at radius 3 is 2.73 bits per heavy atom. The van der Waals surface area contributed by atoms with Crippen molar-refractivity contribution in [3.8, 4) is 5.75 Å². The van der Waals surface area contributed by atoms with Crippen molar-refractivity contribution < 1.29 is 9.84 Å². The summed E-state index contributed by atoms with van der Waals surface area (Å²) in [6.07, 6.45) is 1.59. The molecule has 1 N–H and O–H groups in total. The zero-order valence-electron chi connectivity index (χ0n) is 15.6. The Morgan fingerprint density at radius 2 is 2.00 bits per heavy atom. The third-order valence-electron chi connectivity index (χ3n) is 4.62. The normalized spacial score (nSPS) is 12.5. The highest BCUT2D eigenvalue weighted by molar-refractivity contribution is 7.18. The summed E-state index contributed by atoms with van der Waals surface area (Å²) in [6, 6.07) is 5.96. The number of fused-ring (bicyclic) bond motifs is 1. The van der Waals surface area contributed by atoms with Crippen molar-refractivity contribution >= 4 is 21.6 Å². The largest absolute Gasteiger partial charge is 0.490 e. The highest BCUT2D eigenvalue weighted by atomic mass is 32.1. The molecule has 0 spiro atoms. The van der Waals surface area contributed by atoms with Gasteiger partial charge in [-0.05, 0) is 49.9 Å². The fourth-order valence-corrected chi connectivity index (χ4v) is 3.85. The maximum Gasteiger partial charge on any atom is 0.262 e. The van der Waals surface area contributed by atoms with Crippen molar-refractivity contribution in [1.82, 2.24) is 9.55 Å². The van der Waals surface area contributed by atoms with Crippen molar-refractivity contribution in [2.45, 2.75) is 46.8 Å². The van der Waals surface area contributed by atoms with Crippen LogP contribution in [0, 0.1) is 20.8 Å². The molecule has 3 rings (SSSR count). The number of aliphatic hydroxyl groups excluding tert-OH is 1.